The van der Waals surface area contributed by atoms with Gasteiger partial charge in [0.25, 0.3) is 5.56 Å². The molecular weight excluding hydrogens is 452 g/mol. The van der Waals surface area contributed by atoms with E-state index in [0.29, 0.717) is 32.3 Å². The van der Waals surface area contributed by atoms with Gasteiger partial charge in [-0.25, -0.2) is 14.6 Å². The quantitative estimate of drug-likeness (QED) is 0.405. The number of hydrogen-bond donors (Lipinski definition) is 2. The lowest BCUT2D eigenvalue weighted by Gasteiger charge is -2.05. The van der Waals surface area contributed by atoms with E-state index in [9.17, 15) is 14.4 Å². The summed E-state index contributed by atoms with van der Waals surface area (Å²) in [4.78, 5) is 41.2. The number of carbonyl (C=O) groups is 1. The molecule has 0 saturated heterocycles. The van der Waals surface area contributed by atoms with Gasteiger partial charge in [0.2, 0.25) is 5.13 Å². The van der Waals surface area contributed by atoms with E-state index in [0.717, 1.165) is 16.6 Å². The third kappa shape index (κ3) is 4.29. The van der Waals surface area contributed by atoms with Crippen LogP contribution in [0.4, 0.5) is 9.93 Å². The lowest BCUT2D eigenvalue weighted by atomic mass is 10.1. The van der Waals surface area contributed by atoms with Crippen molar-refractivity contribution in [3.63, 3.8) is 0 Å². The summed E-state index contributed by atoms with van der Waals surface area (Å²) in [6.45, 7) is 0.490. The van der Waals surface area contributed by atoms with Crippen molar-refractivity contribution in [3.8, 4) is 0 Å². The molecular formula is C19H20N8O3S2. The number of anilines is 1. The van der Waals surface area contributed by atoms with Crippen molar-refractivity contribution >= 4 is 45.4 Å². The minimum absolute atomic E-state index is 0.295. The van der Waals surface area contributed by atoms with Crippen molar-refractivity contribution in [2.45, 2.75) is 15.9 Å². The summed E-state index contributed by atoms with van der Waals surface area (Å²) in [5, 5.41) is 14.3. The Kier molecular flexibility index (Phi) is 6.10. The molecule has 2 amide bonds. The number of amides is 2. The molecule has 0 atom stereocenters. The van der Waals surface area contributed by atoms with Gasteiger partial charge in [-0.2, -0.15) is 0 Å². The highest BCUT2D eigenvalue weighted by molar-refractivity contribution is 8.01. The molecule has 2 N–H and O–H groups in total. The van der Waals surface area contributed by atoms with E-state index < -0.39 is 11.2 Å². The number of aryl methyl sites for hydroxylation is 2. The highest BCUT2D eigenvalue weighted by Crippen LogP contribution is 2.32. The second-order valence-corrected chi connectivity index (χ2v) is 9.11. The third-order valence-corrected chi connectivity index (χ3v) is 6.72. The Morgan fingerprint density at radius 3 is 2.56 bits per heavy atom. The van der Waals surface area contributed by atoms with Gasteiger partial charge < -0.3 is 9.88 Å². The number of aromatic nitrogens is 6. The number of benzene rings is 1. The molecule has 11 nitrogen and oxygen atoms in total. The number of carbonyl (C=O) groups excluding carboxylic acids is 1. The molecule has 0 aliphatic rings. The van der Waals surface area contributed by atoms with Crippen LogP contribution in [0.3, 0.4) is 0 Å². The first-order chi connectivity index (χ1) is 15.3. The average Bonchev–Trinajstić information content (AvgIpc) is 3.36. The third-order valence-electron chi connectivity index (χ3n) is 4.78. The van der Waals surface area contributed by atoms with E-state index in [1.165, 1.54) is 34.7 Å². The van der Waals surface area contributed by atoms with Gasteiger partial charge in [-0.3, -0.25) is 19.2 Å². The number of imidazole rings is 1. The fourth-order valence-corrected chi connectivity index (χ4v) is 4.77. The van der Waals surface area contributed by atoms with Crippen molar-refractivity contribution in [2.24, 2.45) is 21.1 Å². The largest absolute Gasteiger partial charge is 0.337 e. The number of urea groups is 1. The molecule has 0 bridgehead atoms. The number of nitrogens with zero attached hydrogens (tertiary/aromatic N) is 6. The van der Waals surface area contributed by atoms with Gasteiger partial charge in [-0.05, 0) is 23.7 Å². The molecule has 0 fully saturated rings. The Balaban J connectivity index is 1.43. The van der Waals surface area contributed by atoms with Crippen molar-refractivity contribution < 1.29 is 4.79 Å². The molecule has 3 aromatic heterocycles. The summed E-state index contributed by atoms with van der Waals surface area (Å²) < 4.78 is 4.52. The van der Waals surface area contributed by atoms with Gasteiger partial charge in [-0.15, -0.1) is 10.2 Å². The van der Waals surface area contributed by atoms with Crippen LogP contribution in [-0.4, -0.2) is 41.5 Å². The Bertz CT molecular complexity index is 1400. The van der Waals surface area contributed by atoms with Gasteiger partial charge in [0.05, 0.1) is 0 Å². The lowest BCUT2D eigenvalue weighted by Crippen LogP contribution is -2.37. The van der Waals surface area contributed by atoms with E-state index in [1.807, 2.05) is 30.3 Å². The first-order valence-electron chi connectivity index (χ1n) is 9.57. The van der Waals surface area contributed by atoms with Crippen LogP contribution in [-0.2, 0) is 27.6 Å². The molecule has 0 aliphatic heterocycles. The molecule has 1 aromatic carbocycles. The molecule has 166 valence electrons. The smallest absolute Gasteiger partial charge is 0.332 e. The van der Waals surface area contributed by atoms with E-state index in [-0.39, 0.29) is 6.03 Å². The standard InChI is InChI=1S/C19H20N8O3S2/c1-25-12-13(26(2)19(30)27(3)14(12)28)21-17(25)32-18-24-23-16(31-18)22-15(29)20-10-9-11-7-5-4-6-8-11/h4-8H,9-10H2,1-3H3,(H2,20,22,23,29). The summed E-state index contributed by atoms with van der Waals surface area (Å²) in [6.07, 6.45) is 0.722. The summed E-state index contributed by atoms with van der Waals surface area (Å²) in [6, 6.07) is 9.50. The molecule has 13 heteroatoms. The second-order valence-electron chi connectivity index (χ2n) is 6.92. The maximum absolute atomic E-state index is 12.5. The second kappa shape index (κ2) is 8.96. The molecule has 0 saturated carbocycles. The molecule has 0 spiro atoms. The van der Waals surface area contributed by atoms with Gasteiger partial charge >= 0.3 is 11.7 Å². The molecule has 3 heterocycles. The van der Waals surface area contributed by atoms with Crippen LogP contribution in [0.15, 0.2) is 49.4 Å². The van der Waals surface area contributed by atoms with Crippen LogP contribution in [0.1, 0.15) is 5.56 Å². The monoisotopic (exact) mass is 472 g/mol. The van der Waals surface area contributed by atoms with Gasteiger partial charge in [0.1, 0.15) is 0 Å². The van der Waals surface area contributed by atoms with Crippen molar-refractivity contribution in [2.75, 3.05) is 11.9 Å². The molecule has 0 unspecified atom stereocenters. The van der Waals surface area contributed by atoms with Crippen LogP contribution >= 0.6 is 23.1 Å². The molecule has 0 aliphatic carbocycles. The number of rotatable bonds is 6. The number of nitrogens with one attached hydrogen (secondary N) is 2. The van der Waals surface area contributed by atoms with Gasteiger partial charge in [0.15, 0.2) is 20.7 Å². The Hall–Kier alpha value is -3.45. The first kappa shape index (κ1) is 21.8. The zero-order valence-corrected chi connectivity index (χ0v) is 19.2. The van der Waals surface area contributed by atoms with Gasteiger partial charge in [0, 0.05) is 27.7 Å². The predicted molar refractivity (Wildman–Crippen MR) is 122 cm³/mol. The minimum Gasteiger partial charge on any atom is -0.337 e. The number of hydrogen-bond acceptors (Lipinski definition) is 8. The molecule has 0 radical (unpaired) electrons. The van der Waals surface area contributed by atoms with Crippen LogP contribution in [0.25, 0.3) is 11.2 Å². The van der Waals surface area contributed by atoms with E-state index in [2.05, 4.69) is 25.8 Å². The zero-order chi connectivity index (χ0) is 22.8. The number of fused-ring (bicyclic) bond motifs is 1. The van der Waals surface area contributed by atoms with E-state index in [4.69, 9.17) is 0 Å². The Morgan fingerprint density at radius 1 is 1.06 bits per heavy atom. The topological polar surface area (TPSA) is 129 Å². The minimum atomic E-state index is -0.446. The van der Waals surface area contributed by atoms with Crippen LogP contribution < -0.4 is 21.9 Å². The predicted octanol–water partition coefficient (Wildman–Crippen LogP) is 1.34. The highest BCUT2D eigenvalue weighted by Gasteiger charge is 2.19. The normalized spacial score (nSPS) is 11.1. The molecule has 4 rings (SSSR count). The van der Waals surface area contributed by atoms with Crippen LogP contribution in [0, 0.1) is 0 Å². The summed E-state index contributed by atoms with van der Waals surface area (Å²) in [5.74, 6) is 0. The van der Waals surface area contributed by atoms with Crippen LogP contribution in [0.5, 0.6) is 0 Å². The van der Waals surface area contributed by atoms with Crippen molar-refractivity contribution in [3.05, 3.63) is 56.7 Å². The Labute approximate surface area is 190 Å². The maximum atomic E-state index is 12.5. The van der Waals surface area contributed by atoms with E-state index >= 15 is 0 Å². The maximum Gasteiger partial charge on any atom is 0.332 e. The molecule has 4 aromatic rings. The van der Waals surface area contributed by atoms with Gasteiger partial charge in [-0.1, -0.05) is 41.7 Å². The zero-order valence-electron chi connectivity index (χ0n) is 17.5. The van der Waals surface area contributed by atoms with Crippen LogP contribution in [0.2, 0.25) is 0 Å². The summed E-state index contributed by atoms with van der Waals surface area (Å²) >= 11 is 2.38. The first-order valence-corrected chi connectivity index (χ1v) is 11.2. The fourth-order valence-electron chi connectivity index (χ4n) is 3.08. The SMILES string of the molecule is Cn1c(=O)c2c(nc(Sc3nnc(NC(=O)NCCc4ccccc4)s3)n2C)n(C)c1=O. The van der Waals surface area contributed by atoms with Crippen molar-refractivity contribution in [1.29, 1.82) is 0 Å². The molecule has 32 heavy (non-hydrogen) atoms. The summed E-state index contributed by atoms with van der Waals surface area (Å²) in [5.41, 5.74) is 0.883. The fraction of sp³-hybridized carbons (Fsp3) is 0.263. The summed E-state index contributed by atoms with van der Waals surface area (Å²) in [7, 11) is 4.69. The van der Waals surface area contributed by atoms with Crippen molar-refractivity contribution in [1.82, 2.24) is 34.2 Å². The average molecular weight is 473 g/mol. The lowest BCUT2D eigenvalue weighted by molar-refractivity contribution is 0.252. The Morgan fingerprint density at radius 2 is 1.81 bits per heavy atom. The highest BCUT2D eigenvalue weighted by atomic mass is 32.2. The van der Waals surface area contributed by atoms with E-state index in [1.54, 1.807) is 18.7 Å².